The first-order valence-corrected chi connectivity index (χ1v) is 7.55. The van der Waals surface area contributed by atoms with Crippen molar-refractivity contribution in [1.29, 1.82) is 0 Å². The molecule has 0 saturated carbocycles. The lowest BCUT2D eigenvalue weighted by Crippen LogP contribution is -2.42. The summed E-state index contributed by atoms with van der Waals surface area (Å²) in [5, 5.41) is 3.71. The fourth-order valence-corrected chi connectivity index (χ4v) is 3.40. The third-order valence-electron chi connectivity index (χ3n) is 4.42. The lowest BCUT2D eigenvalue weighted by atomic mass is 9.85. The number of benzene rings is 1. The average molecular weight is 261 g/mol. The largest absolute Gasteiger partial charge is 0.385 e. The van der Waals surface area contributed by atoms with E-state index in [4.69, 9.17) is 4.74 Å². The summed E-state index contributed by atoms with van der Waals surface area (Å²) in [7, 11) is 1.79. The predicted octanol–water partition coefficient (Wildman–Crippen LogP) is 3.05. The van der Waals surface area contributed by atoms with Gasteiger partial charge in [-0.05, 0) is 48.8 Å². The molecule has 1 N–H and O–H groups in total. The van der Waals surface area contributed by atoms with E-state index in [-0.39, 0.29) is 0 Å². The number of hydrogen-bond acceptors (Lipinski definition) is 2. The topological polar surface area (TPSA) is 21.3 Å². The van der Waals surface area contributed by atoms with Gasteiger partial charge in [0, 0.05) is 19.8 Å². The standard InChI is InChI=1S/C17H27NO/c1-4-18-17(13(2)9-10-19-3)16-11-14-7-5-6-8-15(14)12-16/h5-8,13,16-18H,4,9-12H2,1-3H3. The van der Waals surface area contributed by atoms with Crippen molar-refractivity contribution >= 4 is 0 Å². The molecule has 0 saturated heterocycles. The highest BCUT2D eigenvalue weighted by Crippen LogP contribution is 2.31. The van der Waals surface area contributed by atoms with Gasteiger partial charge in [0.1, 0.15) is 0 Å². The average Bonchev–Trinajstić information content (AvgIpc) is 2.85. The van der Waals surface area contributed by atoms with Crippen LogP contribution in [0.15, 0.2) is 24.3 Å². The van der Waals surface area contributed by atoms with Crippen molar-refractivity contribution in [3.05, 3.63) is 35.4 Å². The highest BCUT2D eigenvalue weighted by molar-refractivity contribution is 5.32. The molecule has 0 heterocycles. The first-order valence-electron chi connectivity index (χ1n) is 7.55. The van der Waals surface area contributed by atoms with E-state index >= 15 is 0 Å². The number of fused-ring (bicyclic) bond motifs is 1. The molecule has 2 heteroatoms. The van der Waals surface area contributed by atoms with Crippen LogP contribution >= 0.6 is 0 Å². The van der Waals surface area contributed by atoms with E-state index < -0.39 is 0 Å². The molecule has 0 radical (unpaired) electrons. The Morgan fingerprint density at radius 2 is 1.89 bits per heavy atom. The lowest BCUT2D eigenvalue weighted by Gasteiger charge is -2.30. The Balaban J connectivity index is 2.01. The molecule has 1 aromatic rings. The van der Waals surface area contributed by atoms with Gasteiger partial charge in [-0.2, -0.15) is 0 Å². The second kappa shape index (κ2) is 7.06. The number of methoxy groups -OCH3 is 1. The number of rotatable bonds is 7. The van der Waals surface area contributed by atoms with Gasteiger partial charge in [-0.15, -0.1) is 0 Å². The van der Waals surface area contributed by atoms with Crippen LogP contribution in [0.2, 0.25) is 0 Å². The SMILES string of the molecule is CCNC(C(C)CCOC)C1Cc2ccccc2C1. The van der Waals surface area contributed by atoms with Crippen molar-refractivity contribution in [3.8, 4) is 0 Å². The third-order valence-corrected chi connectivity index (χ3v) is 4.42. The smallest absolute Gasteiger partial charge is 0.0465 e. The Bertz CT molecular complexity index is 366. The van der Waals surface area contributed by atoms with Crippen molar-refractivity contribution in [2.45, 2.75) is 39.2 Å². The highest BCUT2D eigenvalue weighted by Gasteiger charge is 2.31. The predicted molar refractivity (Wildman–Crippen MR) is 80.5 cm³/mol. The van der Waals surface area contributed by atoms with Crippen LogP contribution in [0.3, 0.4) is 0 Å². The second-order valence-corrected chi connectivity index (χ2v) is 5.78. The molecular weight excluding hydrogens is 234 g/mol. The lowest BCUT2D eigenvalue weighted by molar-refractivity contribution is 0.159. The summed E-state index contributed by atoms with van der Waals surface area (Å²) in [5.41, 5.74) is 3.10. The number of hydrogen-bond donors (Lipinski definition) is 1. The summed E-state index contributed by atoms with van der Waals surface area (Å²) in [6, 6.07) is 9.51. The quantitative estimate of drug-likeness (QED) is 0.814. The summed E-state index contributed by atoms with van der Waals surface area (Å²) in [5.74, 6) is 1.41. The summed E-state index contributed by atoms with van der Waals surface area (Å²) in [4.78, 5) is 0. The van der Waals surface area contributed by atoms with Crippen LogP contribution in [0.4, 0.5) is 0 Å². The second-order valence-electron chi connectivity index (χ2n) is 5.78. The van der Waals surface area contributed by atoms with Gasteiger partial charge in [0.05, 0.1) is 0 Å². The van der Waals surface area contributed by atoms with E-state index in [0.29, 0.717) is 12.0 Å². The summed E-state index contributed by atoms with van der Waals surface area (Å²) in [6.07, 6.45) is 3.59. The maximum absolute atomic E-state index is 5.24. The summed E-state index contributed by atoms with van der Waals surface area (Å²) in [6.45, 7) is 6.48. The van der Waals surface area contributed by atoms with Crippen molar-refractivity contribution in [2.24, 2.45) is 11.8 Å². The Morgan fingerprint density at radius 3 is 2.42 bits per heavy atom. The molecule has 0 aliphatic heterocycles. The van der Waals surface area contributed by atoms with Gasteiger partial charge in [0.2, 0.25) is 0 Å². The van der Waals surface area contributed by atoms with E-state index in [1.165, 1.54) is 12.8 Å². The molecule has 0 aromatic heterocycles. The van der Waals surface area contributed by atoms with Crippen LogP contribution in [-0.4, -0.2) is 26.3 Å². The fraction of sp³-hybridized carbons (Fsp3) is 0.647. The zero-order chi connectivity index (χ0) is 13.7. The van der Waals surface area contributed by atoms with Gasteiger partial charge >= 0.3 is 0 Å². The molecule has 0 spiro atoms. The first kappa shape index (κ1) is 14.5. The molecule has 1 aliphatic rings. The van der Waals surface area contributed by atoms with Crippen molar-refractivity contribution in [3.63, 3.8) is 0 Å². The highest BCUT2D eigenvalue weighted by atomic mass is 16.5. The molecule has 1 aromatic carbocycles. The minimum atomic E-state index is 0.604. The maximum Gasteiger partial charge on any atom is 0.0465 e. The molecule has 2 nitrogen and oxygen atoms in total. The van der Waals surface area contributed by atoms with E-state index in [1.54, 1.807) is 18.2 Å². The monoisotopic (exact) mass is 261 g/mol. The van der Waals surface area contributed by atoms with Crippen molar-refractivity contribution in [2.75, 3.05) is 20.3 Å². The molecule has 2 rings (SSSR count). The number of nitrogens with one attached hydrogen (secondary N) is 1. The molecule has 2 atom stereocenters. The summed E-state index contributed by atoms with van der Waals surface area (Å²) < 4.78 is 5.24. The molecular formula is C17H27NO. The van der Waals surface area contributed by atoms with Crippen LogP contribution in [0.5, 0.6) is 0 Å². The molecule has 2 unspecified atom stereocenters. The Morgan fingerprint density at radius 1 is 1.26 bits per heavy atom. The number of ether oxygens (including phenoxy) is 1. The van der Waals surface area contributed by atoms with Gasteiger partial charge in [-0.3, -0.25) is 0 Å². The molecule has 19 heavy (non-hydrogen) atoms. The molecule has 0 bridgehead atoms. The minimum absolute atomic E-state index is 0.604. The van der Waals surface area contributed by atoms with Gasteiger partial charge < -0.3 is 10.1 Å². The van der Waals surface area contributed by atoms with Gasteiger partial charge in [-0.1, -0.05) is 38.1 Å². The van der Waals surface area contributed by atoms with E-state index in [1.807, 2.05) is 0 Å². The van der Waals surface area contributed by atoms with Crippen molar-refractivity contribution < 1.29 is 4.74 Å². The van der Waals surface area contributed by atoms with E-state index in [2.05, 4.69) is 43.4 Å². The van der Waals surface area contributed by atoms with Crippen LogP contribution in [0.25, 0.3) is 0 Å². The molecule has 106 valence electrons. The zero-order valence-electron chi connectivity index (χ0n) is 12.5. The first-order chi connectivity index (χ1) is 9.26. The fourth-order valence-electron chi connectivity index (χ4n) is 3.40. The normalized spacial score (nSPS) is 18.3. The van der Waals surface area contributed by atoms with Crippen LogP contribution < -0.4 is 5.32 Å². The molecule has 0 amide bonds. The Labute approximate surface area is 117 Å². The van der Waals surface area contributed by atoms with E-state index in [0.717, 1.165) is 25.5 Å². The summed E-state index contributed by atoms with van der Waals surface area (Å²) >= 11 is 0. The van der Waals surface area contributed by atoms with E-state index in [9.17, 15) is 0 Å². The minimum Gasteiger partial charge on any atom is -0.385 e. The Hall–Kier alpha value is -0.860. The third kappa shape index (κ3) is 3.58. The van der Waals surface area contributed by atoms with Crippen LogP contribution in [0.1, 0.15) is 31.4 Å². The maximum atomic E-state index is 5.24. The Kier molecular flexibility index (Phi) is 5.41. The van der Waals surface area contributed by atoms with Crippen LogP contribution in [-0.2, 0) is 17.6 Å². The molecule has 0 fully saturated rings. The van der Waals surface area contributed by atoms with Gasteiger partial charge in [0.15, 0.2) is 0 Å². The zero-order valence-corrected chi connectivity index (χ0v) is 12.5. The van der Waals surface area contributed by atoms with Crippen LogP contribution in [0, 0.1) is 11.8 Å². The van der Waals surface area contributed by atoms with Gasteiger partial charge in [0.25, 0.3) is 0 Å². The van der Waals surface area contributed by atoms with Crippen molar-refractivity contribution in [1.82, 2.24) is 5.32 Å². The van der Waals surface area contributed by atoms with Gasteiger partial charge in [-0.25, -0.2) is 0 Å². The molecule has 1 aliphatic carbocycles.